The summed E-state index contributed by atoms with van der Waals surface area (Å²) in [6.07, 6.45) is 0. The van der Waals surface area contributed by atoms with Gasteiger partial charge in [-0.1, -0.05) is 20.8 Å². The van der Waals surface area contributed by atoms with Crippen LogP contribution < -0.4 is 0 Å². The zero-order valence-corrected chi connectivity index (χ0v) is 26.4. The summed E-state index contributed by atoms with van der Waals surface area (Å²) in [7, 11) is 0. The fourth-order valence-corrected chi connectivity index (χ4v) is 24.5. The lowest BCUT2D eigenvalue weighted by molar-refractivity contribution is 1.31. The van der Waals surface area contributed by atoms with Crippen molar-refractivity contribution in [2.45, 2.75) is 63.5 Å². The van der Waals surface area contributed by atoms with Crippen LogP contribution in [0.2, 0.25) is 0 Å². The molecule has 0 nitrogen and oxygen atoms in total. The van der Waals surface area contributed by atoms with Crippen LogP contribution in [-0.4, -0.2) is 39.2 Å². The van der Waals surface area contributed by atoms with Crippen molar-refractivity contribution in [1.82, 2.24) is 0 Å². The SMILES string of the molecule is CCSC(C)(S)SC1SC(SC(C)(S)SCC)SC(SC(C)(S)SCC)S1. The maximum Gasteiger partial charge on any atom is 0.103 e. The van der Waals surface area contributed by atoms with Gasteiger partial charge in [0.25, 0.3) is 0 Å². The molecule has 1 saturated heterocycles. The van der Waals surface area contributed by atoms with Crippen molar-refractivity contribution in [3.63, 3.8) is 0 Å². The summed E-state index contributed by atoms with van der Waals surface area (Å²) in [5.74, 6) is 3.26. The standard InChI is InChI=1S/C15H30S12/c1-7-19-13(4,16)25-10-22-11(26-14(5,17)20-8-2)24-12(23-10)27-15(6,18)21-9-3/h10-12,16-18H,7-9H2,1-6H3. The van der Waals surface area contributed by atoms with Crippen molar-refractivity contribution in [1.29, 1.82) is 0 Å². The van der Waals surface area contributed by atoms with Crippen molar-refractivity contribution >= 4 is 144 Å². The van der Waals surface area contributed by atoms with Crippen LogP contribution in [0.1, 0.15) is 41.5 Å². The first-order chi connectivity index (χ1) is 12.4. The number of rotatable bonds is 12. The molecule has 0 bridgehead atoms. The van der Waals surface area contributed by atoms with Gasteiger partial charge in [-0.2, -0.15) is 37.9 Å². The summed E-state index contributed by atoms with van der Waals surface area (Å²) < 4.78 is 1.22. The molecule has 27 heavy (non-hydrogen) atoms. The minimum atomic E-state index is -0.0588. The minimum absolute atomic E-state index is 0.0588. The first kappa shape index (κ1) is 29.2. The molecule has 1 aliphatic heterocycles. The molecule has 12 heteroatoms. The highest BCUT2D eigenvalue weighted by molar-refractivity contribution is 8.55. The average molecular weight is 595 g/mol. The quantitative estimate of drug-likeness (QED) is 0.148. The monoisotopic (exact) mass is 594 g/mol. The zero-order valence-electron chi connectivity index (χ0n) is 16.4. The van der Waals surface area contributed by atoms with Crippen molar-refractivity contribution in [3.05, 3.63) is 0 Å². The third-order valence-electron chi connectivity index (χ3n) is 2.85. The highest BCUT2D eigenvalue weighted by Crippen LogP contribution is 2.65. The Balaban J connectivity index is 2.85. The van der Waals surface area contributed by atoms with Gasteiger partial charge < -0.3 is 0 Å². The molecule has 162 valence electrons. The third-order valence-corrected chi connectivity index (χ3v) is 18.3. The van der Waals surface area contributed by atoms with Gasteiger partial charge in [-0.05, 0) is 38.0 Å². The summed E-state index contributed by atoms with van der Waals surface area (Å²) in [4.78, 5) is 0. The summed E-state index contributed by atoms with van der Waals surface area (Å²) in [5, 5.41) is 0. The Morgan fingerprint density at radius 3 is 1.00 bits per heavy atom. The van der Waals surface area contributed by atoms with E-state index in [0.29, 0.717) is 11.7 Å². The molecule has 0 amide bonds. The van der Waals surface area contributed by atoms with Gasteiger partial charge in [-0.25, -0.2) is 0 Å². The lowest BCUT2D eigenvalue weighted by Crippen LogP contribution is -2.22. The Bertz CT molecular complexity index is 359. The molecule has 1 heterocycles. The second-order valence-electron chi connectivity index (χ2n) is 5.62. The molecule has 0 aromatic rings. The minimum Gasteiger partial charge on any atom is -0.151 e. The number of thioether (sulfide) groups is 9. The smallest absolute Gasteiger partial charge is 0.103 e. The van der Waals surface area contributed by atoms with Gasteiger partial charge in [0.15, 0.2) is 0 Å². The number of thiol groups is 3. The van der Waals surface area contributed by atoms with Crippen LogP contribution in [0.5, 0.6) is 0 Å². The van der Waals surface area contributed by atoms with Gasteiger partial charge in [-0.3, -0.25) is 0 Å². The van der Waals surface area contributed by atoms with Crippen LogP contribution in [0.15, 0.2) is 0 Å². The van der Waals surface area contributed by atoms with Crippen LogP contribution in [0.25, 0.3) is 0 Å². The lowest BCUT2D eigenvalue weighted by atomic mass is 10.9. The maximum absolute atomic E-state index is 4.92. The van der Waals surface area contributed by atoms with Crippen molar-refractivity contribution < 1.29 is 0 Å². The first-order valence-corrected chi connectivity index (χ1v) is 18.3. The van der Waals surface area contributed by atoms with Gasteiger partial charge in [0, 0.05) is 0 Å². The van der Waals surface area contributed by atoms with E-state index in [1.54, 1.807) is 0 Å². The Morgan fingerprint density at radius 1 is 0.593 bits per heavy atom. The average Bonchev–Trinajstić information content (AvgIpc) is 2.44. The van der Waals surface area contributed by atoms with Crippen LogP contribution in [-0.2, 0) is 0 Å². The van der Waals surface area contributed by atoms with E-state index in [4.69, 9.17) is 37.9 Å². The molecule has 0 N–H and O–H groups in total. The number of hydrogen-bond donors (Lipinski definition) is 3. The predicted molar refractivity (Wildman–Crippen MR) is 163 cm³/mol. The molecular weight excluding hydrogens is 565 g/mol. The van der Waals surface area contributed by atoms with Crippen LogP contribution in [0, 0.1) is 0 Å². The molecule has 0 saturated carbocycles. The Labute approximate surface area is 221 Å². The highest BCUT2D eigenvalue weighted by atomic mass is 32.3. The van der Waals surface area contributed by atoms with Crippen LogP contribution >= 0.6 is 144 Å². The molecule has 0 spiro atoms. The molecule has 3 unspecified atom stereocenters. The lowest BCUT2D eigenvalue weighted by Gasteiger charge is -2.39. The number of hydrogen-bond acceptors (Lipinski definition) is 12. The maximum atomic E-state index is 4.92. The molecule has 0 radical (unpaired) electrons. The molecule has 0 aliphatic carbocycles. The normalized spacial score (nSPS) is 30.3. The molecule has 0 aromatic heterocycles. The Hall–Kier alpha value is 4.20. The highest BCUT2D eigenvalue weighted by Gasteiger charge is 2.40. The van der Waals surface area contributed by atoms with Crippen LogP contribution in [0.3, 0.4) is 0 Å². The fourth-order valence-electron chi connectivity index (χ4n) is 1.98. The van der Waals surface area contributed by atoms with E-state index in [-0.39, 0.29) is 10.2 Å². The zero-order chi connectivity index (χ0) is 20.7. The van der Waals surface area contributed by atoms with Crippen molar-refractivity contribution in [3.8, 4) is 0 Å². The second-order valence-corrected chi connectivity index (χ2v) is 26.8. The van der Waals surface area contributed by atoms with E-state index in [9.17, 15) is 0 Å². The van der Waals surface area contributed by atoms with E-state index in [2.05, 4.69) is 76.8 Å². The van der Waals surface area contributed by atoms with E-state index >= 15 is 0 Å². The van der Waals surface area contributed by atoms with E-state index in [0.717, 1.165) is 17.3 Å². The van der Waals surface area contributed by atoms with Gasteiger partial charge in [0.05, 0.1) is 0 Å². The van der Waals surface area contributed by atoms with E-state index < -0.39 is 0 Å². The fraction of sp³-hybridized carbons (Fsp3) is 1.00. The van der Waals surface area contributed by atoms with E-state index in [1.165, 1.54) is 0 Å². The molecular formula is C15H30S12. The summed E-state index contributed by atoms with van der Waals surface area (Å²) in [6, 6.07) is 0. The molecule has 3 atom stereocenters. The van der Waals surface area contributed by atoms with Gasteiger partial charge >= 0.3 is 0 Å². The predicted octanol–water partition coefficient (Wildman–Crippen LogP) is 9.32. The Morgan fingerprint density at radius 2 is 0.815 bits per heavy atom. The largest absolute Gasteiger partial charge is 0.151 e. The van der Waals surface area contributed by atoms with Crippen LogP contribution in [0.4, 0.5) is 0 Å². The molecule has 1 aliphatic rings. The topological polar surface area (TPSA) is 0 Å². The van der Waals surface area contributed by atoms with Gasteiger partial charge in [-0.15, -0.1) is 106 Å². The molecule has 1 fully saturated rings. The Kier molecular flexibility index (Phi) is 14.9. The third kappa shape index (κ3) is 12.9. The van der Waals surface area contributed by atoms with E-state index in [1.807, 2.05) is 70.6 Å². The second kappa shape index (κ2) is 13.8. The van der Waals surface area contributed by atoms with Crippen molar-refractivity contribution in [2.24, 2.45) is 0 Å². The van der Waals surface area contributed by atoms with Gasteiger partial charge in [0.2, 0.25) is 0 Å². The van der Waals surface area contributed by atoms with Gasteiger partial charge in [0.1, 0.15) is 22.0 Å². The molecule has 1 rings (SSSR count). The van der Waals surface area contributed by atoms with Crippen molar-refractivity contribution in [2.75, 3.05) is 17.3 Å². The molecule has 0 aromatic carbocycles. The first-order valence-electron chi connectivity index (χ1n) is 8.50. The summed E-state index contributed by atoms with van der Waals surface area (Å²) >= 11 is 32.6. The summed E-state index contributed by atoms with van der Waals surface area (Å²) in [5.41, 5.74) is 0. The summed E-state index contributed by atoms with van der Waals surface area (Å²) in [6.45, 7) is 13.3.